The van der Waals surface area contributed by atoms with Gasteiger partial charge in [0.15, 0.2) is 5.82 Å². The van der Waals surface area contributed by atoms with Crippen molar-refractivity contribution < 1.29 is 4.79 Å². The Hall–Kier alpha value is -0.660. The predicted molar refractivity (Wildman–Crippen MR) is 81.0 cm³/mol. The quantitative estimate of drug-likeness (QED) is 0.878. The molecule has 3 rings (SSSR count). The number of anilines is 1. The molecule has 2 fully saturated rings. The van der Waals surface area contributed by atoms with Crippen LogP contribution in [0.5, 0.6) is 0 Å². The molecule has 2 aliphatic rings. The number of nitrogens with zero attached hydrogens (tertiary/aromatic N) is 2. The van der Waals surface area contributed by atoms with Crippen LogP contribution in [0.3, 0.4) is 0 Å². The highest BCUT2D eigenvalue weighted by Gasteiger charge is 2.23. The fraction of sp³-hybridized carbons (Fsp3) is 0.667. The topological polar surface area (TPSA) is 59.0 Å². The first-order chi connectivity index (χ1) is 9.33. The molecule has 2 saturated heterocycles. The smallest absolute Gasteiger partial charge is 0.239 e. The molecule has 0 saturated carbocycles. The maximum absolute atomic E-state index is 12.1. The third-order valence-corrected chi connectivity index (χ3v) is 6.13. The summed E-state index contributed by atoms with van der Waals surface area (Å²) < 4.78 is 1.96. The molecule has 1 amide bonds. The summed E-state index contributed by atoms with van der Waals surface area (Å²) in [6.45, 7) is 2.01. The summed E-state index contributed by atoms with van der Waals surface area (Å²) in [5.41, 5.74) is 0. The number of thioether (sulfide) groups is 2. The van der Waals surface area contributed by atoms with Crippen molar-refractivity contribution in [1.82, 2.24) is 15.1 Å². The highest BCUT2D eigenvalue weighted by Crippen LogP contribution is 2.25. The number of hydrogen-bond acceptors (Lipinski definition) is 5. The standard InChI is InChI=1S/C12H18N4OS2/c17-12(10-8-18-5-6-19-10)14-11-2-4-16(15-11)9-1-3-13-7-9/h2,4,9-10,13H,1,3,5-8H2,(H,14,15,17)/t9-,10-/m0/s1. The summed E-state index contributed by atoms with van der Waals surface area (Å²) in [6.07, 6.45) is 3.06. The zero-order valence-electron chi connectivity index (χ0n) is 10.7. The van der Waals surface area contributed by atoms with Crippen LogP contribution in [0.2, 0.25) is 0 Å². The summed E-state index contributed by atoms with van der Waals surface area (Å²) in [5.74, 6) is 3.88. The van der Waals surface area contributed by atoms with Crippen molar-refractivity contribution in [1.29, 1.82) is 0 Å². The van der Waals surface area contributed by atoms with E-state index in [1.807, 2.05) is 28.7 Å². The Morgan fingerprint density at radius 3 is 3.21 bits per heavy atom. The van der Waals surface area contributed by atoms with E-state index in [2.05, 4.69) is 15.7 Å². The molecule has 19 heavy (non-hydrogen) atoms. The summed E-state index contributed by atoms with van der Waals surface area (Å²) in [4.78, 5) is 12.1. The largest absolute Gasteiger partial charge is 0.315 e. The second kappa shape index (κ2) is 6.19. The van der Waals surface area contributed by atoms with Gasteiger partial charge in [-0.15, -0.1) is 11.8 Å². The van der Waals surface area contributed by atoms with Gasteiger partial charge in [0.25, 0.3) is 0 Å². The van der Waals surface area contributed by atoms with Crippen molar-refractivity contribution in [3.05, 3.63) is 12.3 Å². The molecule has 104 valence electrons. The van der Waals surface area contributed by atoms with Gasteiger partial charge >= 0.3 is 0 Å². The fourth-order valence-corrected chi connectivity index (χ4v) is 4.88. The number of rotatable bonds is 3. The van der Waals surface area contributed by atoms with Gasteiger partial charge in [-0.2, -0.15) is 16.9 Å². The van der Waals surface area contributed by atoms with E-state index >= 15 is 0 Å². The average molecular weight is 298 g/mol. The average Bonchev–Trinajstić information content (AvgIpc) is 3.10. The lowest BCUT2D eigenvalue weighted by Gasteiger charge is -2.19. The molecule has 0 aromatic carbocycles. The van der Waals surface area contributed by atoms with E-state index in [-0.39, 0.29) is 11.2 Å². The Balaban J connectivity index is 1.58. The summed E-state index contributed by atoms with van der Waals surface area (Å²) in [6, 6.07) is 2.31. The van der Waals surface area contributed by atoms with Gasteiger partial charge in [-0.05, 0) is 13.0 Å². The third kappa shape index (κ3) is 3.27. The van der Waals surface area contributed by atoms with Gasteiger partial charge in [-0.1, -0.05) is 0 Å². The first-order valence-electron chi connectivity index (χ1n) is 6.59. The molecule has 0 aliphatic carbocycles. The Bertz CT molecular complexity index is 439. The summed E-state index contributed by atoms with van der Waals surface area (Å²) in [7, 11) is 0. The van der Waals surface area contributed by atoms with Gasteiger partial charge in [0.1, 0.15) is 0 Å². The van der Waals surface area contributed by atoms with Gasteiger partial charge < -0.3 is 10.6 Å². The minimum absolute atomic E-state index is 0.0667. The lowest BCUT2D eigenvalue weighted by Crippen LogP contribution is -2.30. The Morgan fingerprint density at radius 2 is 2.47 bits per heavy atom. The lowest BCUT2D eigenvalue weighted by molar-refractivity contribution is -0.115. The van der Waals surface area contributed by atoms with Crippen molar-refractivity contribution in [3.8, 4) is 0 Å². The SMILES string of the molecule is O=C(Nc1ccn([C@H]2CCNC2)n1)[C@@H]1CSCCS1. The second-order valence-corrected chi connectivity index (χ2v) is 7.21. The van der Waals surface area contributed by atoms with Gasteiger partial charge in [0.2, 0.25) is 5.91 Å². The van der Waals surface area contributed by atoms with Crippen molar-refractivity contribution in [2.75, 3.05) is 35.7 Å². The van der Waals surface area contributed by atoms with Crippen LogP contribution in [0, 0.1) is 0 Å². The van der Waals surface area contributed by atoms with E-state index in [4.69, 9.17) is 0 Å². The first kappa shape index (κ1) is 13.3. The van der Waals surface area contributed by atoms with Crippen molar-refractivity contribution in [2.45, 2.75) is 17.7 Å². The molecule has 5 nitrogen and oxygen atoms in total. The molecule has 2 atom stereocenters. The van der Waals surface area contributed by atoms with Gasteiger partial charge in [-0.3, -0.25) is 9.48 Å². The number of nitrogens with one attached hydrogen (secondary N) is 2. The van der Waals surface area contributed by atoms with Crippen LogP contribution >= 0.6 is 23.5 Å². The molecule has 2 aliphatic heterocycles. The third-order valence-electron chi connectivity index (χ3n) is 3.38. The Morgan fingerprint density at radius 1 is 1.53 bits per heavy atom. The van der Waals surface area contributed by atoms with E-state index in [0.29, 0.717) is 11.9 Å². The number of amides is 1. The monoisotopic (exact) mass is 298 g/mol. The van der Waals surface area contributed by atoms with Crippen molar-refractivity contribution in [2.24, 2.45) is 0 Å². The van der Waals surface area contributed by atoms with Crippen molar-refractivity contribution >= 4 is 35.2 Å². The zero-order chi connectivity index (χ0) is 13.1. The van der Waals surface area contributed by atoms with Crippen LogP contribution in [0.25, 0.3) is 0 Å². The number of carbonyl (C=O) groups is 1. The molecular formula is C12H18N4OS2. The van der Waals surface area contributed by atoms with Crippen molar-refractivity contribution in [3.63, 3.8) is 0 Å². The minimum Gasteiger partial charge on any atom is -0.315 e. The van der Waals surface area contributed by atoms with E-state index < -0.39 is 0 Å². The van der Waals surface area contributed by atoms with Gasteiger partial charge in [0, 0.05) is 36.1 Å². The maximum atomic E-state index is 12.1. The molecule has 0 radical (unpaired) electrons. The molecular weight excluding hydrogens is 280 g/mol. The van der Waals surface area contributed by atoms with E-state index in [1.165, 1.54) is 0 Å². The second-order valence-electron chi connectivity index (χ2n) is 4.75. The summed E-state index contributed by atoms with van der Waals surface area (Å²) in [5, 5.41) is 10.8. The highest BCUT2D eigenvalue weighted by atomic mass is 32.2. The van der Waals surface area contributed by atoms with Gasteiger partial charge in [0.05, 0.1) is 11.3 Å². The van der Waals surface area contributed by atoms with E-state index in [9.17, 15) is 4.79 Å². The Kier molecular flexibility index (Phi) is 4.35. The van der Waals surface area contributed by atoms with Crippen LogP contribution in [-0.2, 0) is 4.79 Å². The molecule has 0 unspecified atom stereocenters. The number of hydrogen-bond donors (Lipinski definition) is 2. The van der Waals surface area contributed by atoms with Crippen LogP contribution < -0.4 is 10.6 Å². The highest BCUT2D eigenvalue weighted by molar-refractivity contribution is 8.07. The normalized spacial score (nSPS) is 27.4. The lowest BCUT2D eigenvalue weighted by atomic mass is 10.3. The molecule has 7 heteroatoms. The summed E-state index contributed by atoms with van der Waals surface area (Å²) >= 11 is 3.60. The van der Waals surface area contributed by atoms with E-state index in [1.54, 1.807) is 11.8 Å². The van der Waals surface area contributed by atoms with Gasteiger partial charge in [-0.25, -0.2) is 0 Å². The van der Waals surface area contributed by atoms with Crippen LogP contribution in [-0.4, -0.2) is 51.3 Å². The Labute approximate surface area is 121 Å². The fourth-order valence-electron chi connectivity index (χ4n) is 2.32. The zero-order valence-corrected chi connectivity index (χ0v) is 12.3. The molecule has 3 heterocycles. The van der Waals surface area contributed by atoms with Crippen LogP contribution in [0.15, 0.2) is 12.3 Å². The molecule has 1 aromatic rings. The molecule has 1 aromatic heterocycles. The van der Waals surface area contributed by atoms with Crippen LogP contribution in [0.4, 0.5) is 5.82 Å². The molecule has 0 spiro atoms. The molecule has 0 bridgehead atoms. The predicted octanol–water partition coefficient (Wildman–Crippen LogP) is 1.20. The van der Waals surface area contributed by atoms with Crippen LogP contribution in [0.1, 0.15) is 12.5 Å². The number of carbonyl (C=O) groups excluding carboxylic acids is 1. The number of aromatic nitrogens is 2. The molecule has 2 N–H and O–H groups in total. The maximum Gasteiger partial charge on any atom is 0.239 e. The minimum atomic E-state index is 0.0667. The van der Waals surface area contributed by atoms with E-state index in [0.717, 1.165) is 36.8 Å². The first-order valence-corrected chi connectivity index (χ1v) is 8.79.